The minimum absolute atomic E-state index is 0.252. The zero-order valence-electron chi connectivity index (χ0n) is 56.8. The van der Waals surface area contributed by atoms with Gasteiger partial charge in [-0.15, -0.1) is 0 Å². The summed E-state index contributed by atoms with van der Waals surface area (Å²) in [5.74, 6) is 1.65. The number of anilines is 15. The first-order chi connectivity index (χ1) is 51.7. The third kappa shape index (κ3) is 9.97. The molecule has 16 aromatic rings. The molecule has 4 heterocycles. The highest BCUT2D eigenvalue weighted by Crippen LogP contribution is 2.55. The van der Waals surface area contributed by atoms with Crippen LogP contribution in [0.2, 0.25) is 0 Å². The molecule has 0 aliphatic carbocycles. The fraction of sp³-hybridized carbons (Fsp3) is 0. The summed E-state index contributed by atoms with van der Waals surface area (Å²) in [6, 6.07) is 145. The highest BCUT2D eigenvalue weighted by atomic mass is 16.5. The molecule has 0 unspecified atom stereocenters. The smallest absolute Gasteiger partial charge is 0.256 e. The molecule has 0 aromatic heterocycles. The number of rotatable bonds is 13. The van der Waals surface area contributed by atoms with Crippen molar-refractivity contribution in [2.45, 2.75) is 0 Å². The Kier molecular flexibility index (Phi) is 14.7. The van der Waals surface area contributed by atoms with E-state index in [9.17, 15) is 0 Å². The first-order valence-electron chi connectivity index (χ1n) is 35.8. The summed E-state index contributed by atoms with van der Waals surface area (Å²) in [4.78, 5) is 12.7. The first kappa shape index (κ1) is 60.4. The van der Waals surface area contributed by atoms with E-state index < -0.39 is 0 Å². The fourth-order valence-corrected chi connectivity index (χ4v) is 16.9. The Morgan fingerprint density at radius 2 is 0.587 bits per heavy atom. The Morgan fingerprint density at radius 1 is 0.221 bits per heavy atom. The van der Waals surface area contributed by atoms with Crippen molar-refractivity contribution in [2.24, 2.45) is 0 Å². The second kappa shape index (κ2) is 25.3. The average molecular weight is 1330 g/mol. The quantitative estimate of drug-likeness (QED) is 0.107. The van der Waals surface area contributed by atoms with Crippen LogP contribution in [0.5, 0.6) is 11.5 Å². The van der Waals surface area contributed by atoms with Crippen LogP contribution in [-0.2, 0) is 0 Å². The molecular formula is C96H65B2N5O. The zero-order chi connectivity index (χ0) is 68.6. The van der Waals surface area contributed by atoms with Gasteiger partial charge in [0.05, 0.1) is 28.4 Å². The van der Waals surface area contributed by atoms with Crippen molar-refractivity contribution in [3.05, 3.63) is 394 Å². The SMILES string of the molecule is c1ccc(-c2ccccc2N(c2ccccc2)c2cc3c4c(c2)N(c2ccccc2)c2cc5c(cc2B4c2ccccc2O3)B2c3ccccc3N(c3ccccc3)c3cc(N(c4ccccc4)c4ccccc4-c4ccccc4)cc(c32)N5c2c(-c3ccccc3)cccc2-c2ccccc2)cc1. The topological polar surface area (TPSA) is 25.4 Å². The van der Waals surface area contributed by atoms with E-state index in [1.54, 1.807) is 0 Å². The molecule has 0 bridgehead atoms. The van der Waals surface area contributed by atoms with E-state index in [4.69, 9.17) is 4.74 Å². The molecule has 16 aromatic carbocycles. The largest absolute Gasteiger partial charge is 0.458 e. The minimum Gasteiger partial charge on any atom is -0.458 e. The van der Waals surface area contributed by atoms with Crippen LogP contribution in [0, 0.1) is 0 Å². The van der Waals surface area contributed by atoms with Gasteiger partial charge in [0.25, 0.3) is 13.4 Å². The van der Waals surface area contributed by atoms with Crippen LogP contribution in [0.25, 0.3) is 44.5 Å². The van der Waals surface area contributed by atoms with Crippen LogP contribution in [-0.4, -0.2) is 13.4 Å². The molecule has 0 amide bonds. The van der Waals surface area contributed by atoms with E-state index in [-0.39, 0.29) is 13.4 Å². The van der Waals surface area contributed by atoms with Crippen molar-refractivity contribution >= 4 is 132 Å². The maximum absolute atomic E-state index is 7.47. The summed E-state index contributed by atoms with van der Waals surface area (Å²) in [5, 5.41) is 0. The second-order valence-electron chi connectivity index (χ2n) is 27.0. The van der Waals surface area contributed by atoms with Crippen LogP contribution in [0.15, 0.2) is 394 Å². The van der Waals surface area contributed by atoms with Gasteiger partial charge in [0.2, 0.25) is 0 Å². The lowest BCUT2D eigenvalue weighted by Crippen LogP contribution is -2.64. The Bertz CT molecular complexity index is 5880. The van der Waals surface area contributed by atoms with Crippen LogP contribution in [0.1, 0.15) is 0 Å². The van der Waals surface area contributed by atoms with E-state index in [0.29, 0.717) is 0 Å². The summed E-state index contributed by atoms with van der Waals surface area (Å²) in [6.07, 6.45) is 0. The molecule has 0 fully saturated rings. The van der Waals surface area contributed by atoms with Crippen LogP contribution in [0.4, 0.5) is 85.3 Å². The molecule has 4 aliphatic heterocycles. The van der Waals surface area contributed by atoms with Crippen LogP contribution in [0.3, 0.4) is 0 Å². The summed E-state index contributed by atoms with van der Waals surface area (Å²) in [6.45, 7) is -0.516. The van der Waals surface area contributed by atoms with Gasteiger partial charge in [0.15, 0.2) is 0 Å². The maximum Gasteiger partial charge on any atom is 0.256 e. The van der Waals surface area contributed by atoms with Crippen LogP contribution < -0.4 is 62.0 Å². The summed E-state index contributed by atoms with van der Waals surface area (Å²) < 4.78 is 7.47. The lowest BCUT2D eigenvalue weighted by molar-refractivity contribution is 0.487. The second-order valence-corrected chi connectivity index (χ2v) is 27.0. The van der Waals surface area contributed by atoms with E-state index in [1.165, 1.54) is 21.9 Å². The van der Waals surface area contributed by atoms with Crippen molar-refractivity contribution in [3.8, 4) is 56.0 Å². The van der Waals surface area contributed by atoms with Crippen molar-refractivity contribution in [1.29, 1.82) is 0 Å². The van der Waals surface area contributed by atoms with Gasteiger partial charge in [0.1, 0.15) is 11.5 Å². The van der Waals surface area contributed by atoms with Gasteiger partial charge in [-0.25, -0.2) is 0 Å². The Labute approximate surface area is 607 Å². The van der Waals surface area contributed by atoms with Gasteiger partial charge >= 0.3 is 0 Å². The van der Waals surface area contributed by atoms with Crippen molar-refractivity contribution in [2.75, 3.05) is 24.5 Å². The van der Waals surface area contributed by atoms with Crippen molar-refractivity contribution in [3.63, 3.8) is 0 Å². The van der Waals surface area contributed by atoms with E-state index in [1.807, 2.05) is 0 Å². The number of hydrogen-bond donors (Lipinski definition) is 0. The summed E-state index contributed by atoms with van der Waals surface area (Å²) in [5.41, 5.74) is 31.8. The van der Waals surface area contributed by atoms with Crippen LogP contribution >= 0.6 is 0 Å². The fourth-order valence-electron chi connectivity index (χ4n) is 16.9. The van der Waals surface area contributed by atoms with Gasteiger partial charge in [-0.05, 0) is 152 Å². The summed E-state index contributed by atoms with van der Waals surface area (Å²) >= 11 is 0. The highest BCUT2D eigenvalue weighted by Gasteiger charge is 2.49. The van der Waals surface area contributed by atoms with E-state index in [2.05, 4.69) is 419 Å². The third-order valence-electron chi connectivity index (χ3n) is 21.2. The average Bonchev–Trinajstić information content (AvgIpc) is 0.688. The Morgan fingerprint density at radius 3 is 1.11 bits per heavy atom. The molecule has 20 rings (SSSR count). The van der Waals surface area contributed by atoms with Gasteiger partial charge in [-0.1, -0.05) is 291 Å². The van der Waals surface area contributed by atoms with Gasteiger partial charge in [0, 0.05) is 85.2 Å². The lowest BCUT2D eigenvalue weighted by Gasteiger charge is -2.47. The first-order valence-corrected chi connectivity index (χ1v) is 35.8. The Balaban J connectivity index is 0.931. The van der Waals surface area contributed by atoms with Gasteiger partial charge in [-0.2, -0.15) is 0 Å². The normalized spacial score (nSPS) is 12.6. The maximum atomic E-state index is 7.47. The predicted molar refractivity (Wildman–Crippen MR) is 437 cm³/mol. The van der Waals surface area contributed by atoms with Gasteiger partial charge < -0.3 is 29.2 Å². The molecule has 0 N–H and O–H groups in total. The number of hydrogen-bond acceptors (Lipinski definition) is 6. The summed E-state index contributed by atoms with van der Waals surface area (Å²) in [7, 11) is 0. The number of nitrogens with zero attached hydrogens (tertiary/aromatic N) is 5. The molecule has 4 aliphatic rings. The Hall–Kier alpha value is -13.6. The molecular weight excluding hydrogens is 1260 g/mol. The number of benzene rings is 16. The van der Waals surface area contributed by atoms with Crippen molar-refractivity contribution in [1.82, 2.24) is 0 Å². The third-order valence-corrected chi connectivity index (χ3v) is 21.2. The number of fused-ring (bicyclic) bond motifs is 8. The molecule has 0 saturated carbocycles. The molecule has 0 atom stereocenters. The van der Waals surface area contributed by atoms with Gasteiger partial charge in [-0.3, -0.25) is 0 Å². The molecule has 0 radical (unpaired) electrons. The number of ether oxygens (including phenoxy) is 1. The number of para-hydroxylation sites is 9. The molecule has 0 spiro atoms. The minimum atomic E-state index is -0.264. The van der Waals surface area contributed by atoms with E-state index >= 15 is 0 Å². The molecule has 104 heavy (non-hydrogen) atoms. The zero-order valence-corrected chi connectivity index (χ0v) is 56.8. The molecule has 0 saturated heterocycles. The molecule has 486 valence electrons. The predicted octanol–water partition coefficient (Wildman–Crippen LogP) is 21.8. The monoisotopic (exact) mass is 1330 g/mol. The standard InChI is InChI=1S/C96H65B2N5O/c1-9-34-66(35-10-1)76-50-25-29-56-84(76)99(70-42-17-5-18-43-70)74-60-89-94-90(61-74)103(96-78(68-38-13-3-14-39-68)52-33-53-79(96)69-40-15-4-16-41-69)88-65-87-82(64-83(88)97(94)80-54-27-31-58-86(80)101(89)72-46-21-7-22-47-72)98-81-55-28-32-59-92(81)104-93-63-75(62-91(95(93)98)102(87)73-48-23-8-24-49-73)100(71-44-19-6-20-45-71)85-57-30-26-51-77(85)67-36-11-2-12-37-67/h1-65H. The highest BCUT2D eigenvalue weighted by molar-refractivity contribution is 7.02. The van der Waals surface area contributed by atoms with E-state index in [0.717, 1.165) is 152 Å². The molecule has 6 nitrogen and oxygen atoms in total. The lowest BCUT2D eigenvalue weighted by atomic mass is 9.30. The van der Waals surface area contributed by atoms with Crippen molar-refractivity contribution < 1.29 is 4.74 Å². The molecule has 8 heteroatoms.